The molecule has 0 aliphatic heterocycles. The van der Waals surface area contributed by atoms with E-state index in [1.165, 1.54) is 42.5 Å². The molecule has 0 aromatic heterocycles. The number of Topliss-reactive ketones (excluding diaryl/α,β-unsaturated/α-hetero) is 2. The highest BCUT2D eigenvalue weighted by molar-refractivity contribution is 6.03. The highest BCUT2D eigenvalue weighted by atomic mass is 16.3. The Bertz CT molecular complexity index is 1170. The average Bonchev–Trinajstić information content (AvgIpc) is 3.18. The Morgan fingerprint density at radius 3 is 2.18 bits per heavy atom. The van der Waals surface area contributed by atoms with Gasteiger partial charge in [-0.15, -0.1) is 0 Å². The van der Waals surface area contributed by atoms with Crippen molar-refractivity contribution >= 4 is 23.4 Å². The number of ketones is 2. The van der Waals surface area contributed by atoms with E-state index in [1.807, 2.05) is 12.2 Å². The van der Waals surface area contributed by atoms with Gasteiger partial charge in [0.25, 0.3) is 0 Å². The number of carbonyl (C=O) groups is 4. The summed E-state index contributed by atoms with van der Waals surface area (Å²) in [6.45, 7) is 4.19. The summed E-state index contributed by atoms with van der Waals surface area (Å²) in [6.07, 6.45) is 19.0. The molecule has 0 fully saturated rings. The Balaban J connectivity index is 1.95. The van der Waals surface area contributed by atoms with Crippen molar-refractivity contribution in [3.05, 3.63) is 96.1 Å². The molecule has 0 saturated carbocycles. The van der Waals surface area contributed by atoms with E-state index in [0.29, 0.717) is 5.92 Å². The van der Waals surface area contributed by atoms with Crippen molar-refractivity contribution in [2.75, 3.05) is 0 Å². The highest BCUT2D eigenvalue weighted by Crippen LogP contribution is 2.25. The molecule has 0 heterocycles. The lowest BCUT2D eigenvalue weighted by Gasteiger charge is -2.31. The summed E-state index contributed by atoms with van der Waals surface area (Å²) in [4.78, 5) is 47.9. The molecule has 5 N–H and O–H groups in total. The largest absolute Gasteiger partial charge is 0.510 e. The molecule has 202 valence electrons. The molecule has 0 spiro atoms. The Hall–Kier alpha value is -4.08. The second-order valence-corrected chi connectivity index (χ2v) is 8.93. The number of carbonyl (C=O) groups excluding carboxylic acids is 4. The van der Waals surface area contributed by atoms with Crippen LogP contribution in [0.3, 0.4) is 0 Å². The molecule has 38 heavy (non-hydrogen) atoms. The van der Waals surface area contributed by atoms with Crippen LogP contribution >= 0.6 is 0 Å². The monoisotopic (exact) mass is 522 g/mol. The molecule has 0 saturated heterocycles. The van der Waals surface area contributed by atoms with E-state index in [2.05, 4.69) is 24.5 Å². The zero-order valence-corrected chi connectivity index (χ0v) is 21.5. The minimum atomic E-state index is -1.90. The molecule has 2 aliphatic rings. The van der Waals surface area contributed by atoms with Gasteiger partial charge in [0.1, 0.15) is 17.1 Å². The van der Waals surface area contributed by atoms with Gasteiger partial charge in [0, 0.05) is 31.4 Å². The molecular weight excluding hydrogens is 488 g/mol. The minimum absolute atomic E-state index is 0.0950. The summed E-state index contributed by atoms with van der Waals surface area (Å²) in [5, 5.41) is 35.4. The molecule has 0 radical (unpaired) electrons. The molecule has 2 rings (SSSR count). The van der Waals surface area contributed by atoms with Crippen LogP contribution in [0.4, 0.5) is 0 Å². The number of aliphatic hydroxyl groups is 3. The standard InChI is InChI=1S/C29H34N2O7/c1-3-20(2)12-8-4-5-9-13-26(36)30-21-19-29(38,25(35)18-24(21)34)17-11-7-6-10-14-27(37)31-28-22(32)15-16-23(28)33/h4-14,17,19-20,25,32,35,38H,3,15-16,18H2,1-2H3,(H,30,36)(H,31,37)/b5-4+,7-6+,12-8+,13-9+,14-10+,17-11+/t20-,25-,29+/m1/s1. The Morgan fingerprint density at radius 2 is 1.58 bits per heavy atom. The number of allylic oxidation sites excluding steroid dienone is 12. The lowest BCUT2D eigenvalue weighted by molar-refractivity contribution is -0.124. The summed E-state index contributed by atoms with van der Waals surface area (Å²) >= 11 is 0. The second-order valence-electron chi connectivity index (χ2n) is 8.93. The van der Waals surface area contributed by atoms with Crippen molar-refractivity contribution in [3.63, 3.8) is 0 Å². The van der Waals surface area contributed by atoms with Gasteiger partial charge in [-0.05, 0) is 18.1 Å². The minimum Gasteiger partial charge on any atom is -0.510 e. The third-order valence-electron chi connectivity index (χ3n) is 5.86. The van der Waals surface area contributed by atoms with Crippen LogP contribution in [0.15, 0.2) is 96.1 Å². The smallest absolute Gasteiger partial charge is 0.248 e. The molecule has 3 atom stereocenters. The van der Waals surface area contributed by atoms with E-state index in [-0.39, 0.29) is 42.2 Å². The summed E-state index contributed by atoms with van der Waals surface area (Å²) in [5.41, 5.74) is -2.13. The van der Waals surface area contributed by atoms with Gasteiger partial charge in [-0.3, -0.25) is 19.2 Å². The van der Waals surface area contributed by atoms with Crippen molar-refractivity contribution in [3.8, 4) is 0 Å². The third kappa shape index (κ3) is 9.42. The van der Waals surface area contributed by atoms with Gasteiger partial charge in [-0.2, -0.15) is 0 Å². The van der Waals surface area contributed by atoms with Crippen LogP contribution in [0.1, 0.15) is 39.5 Å². The van der Waals surface area contributed by atoms with Gasteiger partial charge >= 0.3 is 0 Å². The van der Waals surface area contributed by atoms with Gasteiger partial charge in [0.05, 0.1) is 11.8 Å². The number of hydrogen-bond acceptors (Lipinski definition) is 7. The quantitative estimate of drug-likeness (QED) is 0.207. The number of hydrogen-bond donors (Lipinski definition) is 5. The van der Waals surface area contributed by atoms with E-state index in [0.717, 1.165) is 18.6 Å². The number of nitrogens with one attached hydrogen (secondary N) is 2. The van der Waals surface area contributed by atoms with Gasteiger partial charge in [-0.25, -0.2) is 0 Å². The summed E-state index contributed by atoms with van der Waals surface area (Å²) in [6, 6.07) is 0. The maximum absolute atomic E-state index is 12.3. The van der Waals surface area contributed by atoms with Crippen LogP contribution in [0.2, 0.25) is 0 Å². The first-order chi connectivity index (χ1) is 18.1. The van der Waals surface area contributed by atoms with Gasteiger partial charge in [0.15, 0.2) is 11.6 Å². The molecule has 0 bridgehead atoms. The van der Waals surface area contributed by atoms with Crippen molar-refractivity contribution < 1.29 is 34.5 Å². The summed E-state index contributed by atoms with van der Waals surface area (Å²) in [5.74, 6) is -1.69. The molecule has 2 aliphatic carbocycles. The molecule has 2 amide bonds. The number of aliphatic hydroxyl groups excluding tert-OH is 2. The van der Waals surface area contributed by atoms with Crippen molar-refractivity contribution in [1.82, 2.24) is 10.6 Å². The first kappa shape index (κ1) is 30.1. The zero-order valence-electron chi connectivity index (χ0n) is 21.5. The van der Waals surface area contributed by atoms with Crippen LogP contribution in [-0.4, -0.2) is 50.4 Å². The fourth-order valence-electron chi connectivity index (χ4n) is 3.39. The predicted octanol–water partition coefficient (Wildman–Crippen LogP) is 2.68. The van der Waals surface area contributed by atoms with Crippen LogP contribution in [0.25, 0.3) is 0 Å². The Labute approximate surface area is 222 Å². The van der Waals surface area contributed by atoms with E-state index >= 15 is 0 Å². The average molecular weight is 523 g/mol. The van der Waals surface area contributed by atoms with Crippen molar-refractivity contribution in [2.24, 2.45) is 5.92 Å². The zero-order chi connectivity index (χ0) is 28.1. The second kappa shape index (κ2) is 14.6. The molecule has 0 aromatic rings. The summed E-state index contributed by atoms with van der Waals surface area (Å²) in [7, 11) is 0. The van der Waals surface area contributed by atoms with E-state index in [4.69, 9.17) is 0 Å². The lowest BCUT2D eigenvalue weighted by Crippen LogP contribution is -2.46. The maximum atomic E-state index is 12.3. The number of rotatable bonds is 11. The third-order valence-corrected chi connectivity index (χ3v) is 5.86. The van der Waals surface area contributed by atoms with Crippen molar-refractivity contribution in [1.29, 1.82) is 0 Å². The SMILES string of the molecule is CC[C@@H](C)/C=C/C=C/C=C/C(=O)NC1=C[C@@](O)(/C=C/C=C/C=C/C(=O)NC2=C(O)CCC2=O)[C@H](O)CC1=O. The predicted molar refractivity (Wildman–Crippen MR) is 143 cm³/mol. The van der Waals surface area contributed by atoms with Gasteiger partial charge in [0.2, 0.25) is 11.8 Å². The Morgan fingerprint density at radius 1 is 0.974 bits per heavy atom. The Kier molecular flexibility index (Phi) is 11.6. The lowest BCUT2D eigenvalue weighted by atomic mass is 9.85. The normalized spacial score (nSPS) is 23.7. The van der Waals surface area contributed by atoms with Gasteiger partial charge < -0.3 is 26.0 Å². The first-order valence-corrected chi connectivity index (χ1v) is 12.3. The van der Waals surface area contributed by atoms with E-state index in [1.54, 1.807) is 12.2 Å². The fourth-order valence-corrected chi connectivity index (χ4v) is 3.39. The van der Waals surface area contributed by atoms with Crippen LogP contribution < -0.4 is 10.6 Å². The highest BCUT2D eigenvalue weighted by Gasteiger charge is 2.38. The molecule has 9 nitrogen and oxygen atoms in total. The van der Waals surface area contributed by atoms with E-state index in [9.17, 15) is 34.5 Å². The number of amides is 2. The molecule has 0 unspecified atom stereocenters. The van der Waals surface area contributed by atoms with Crippen LogP contribution in [0, 0.1) is 5.92 Å². The van der Waals surface area contributed by atoms with E-state index < -0.39 is 29.3 Å². The summed E-state index contributed by atoms with van der Waals surface area (Å²) < 4.78 is 0. The van der Waals surface area contributed by atoms with Crippen LogP contribution in [0.5, 0.6) is 0 Å². The molecular formula is C29H34N2O7. The topological polar surface area (TPSA) is 153 Å². The van der Waals surface area contributed by atoms with Gasteiger partial charge in [-0.1, -0.05) is 75.0 Å². The molecule has 9 heteroatoms. The fraction of sp³-hybridized carbons (Fsp3) is 0.310. The maximum Gasteiger partial charge on any atom is 0.248 e. The first-order valence-electron chi connectivity index (χ1n) is 12.3. The van der Waals surface area contributed by atoms with Crippen LogP contribution in [-0.2, 0) is 19.2 Å². The van der Waals surface area contributed by atoms with Crippen molar-refractivity contribution in [2.45, 2.75) is 51.2 Å². The molecule has 0 aromatic carbocycles.